The summed E-state index contributed by atoms with van der Waals surface area (Å²) in [5.41, 5.74) is 1.52. The Hall–Kier alpha value is -0.190. The molecule has 2 atom stereocenters. The number of hydrogen-bond donors (Lipinski definition) is 0. The molecule has 3 aliphatic rings. The minimum atomic E-state index is -0.843. The van der Waals surface area contributed by atoms with Crippen LogP contribution in [0.1, 0.15) is 57.9 Å². The third kappa shape index (κ3) is 3.52. The zero-order chi connectivity index (χ0) is 17.5. The first-order chi connectivity index (χ1) is 11.2. The SMILES string of the molecule is CN1CC2CCC1(C(CS(=O)C(C)(C)C)c1cccc(Br)c1)CC2. The van der Waals surface area contributed by atoms with E-state index in [0.29, 0.717) is 5.92 Å². The molecule has 2 bridgehead atoms. The third-order valence-corrected chi connectivity index (χ3v) is 8.66. The monoisotopic (exact) mass is 411 g/mol. The van der Waals surface area contributed by atoms with Gasteiger partial charge in [-0.1, -0.05) is 28.1 Å². The fourth-order valence-corrected chi connectivity index (χ4v) is 6.33. The molecule has 2 unspecified atom stereocenters. The first-order valence-electron chi connectivity index (χ1n) is 9.07. The zero-order valence-corrected chi connectivity index (χ0v) is 17.8. The van der Waals surface area contributed by atoms with Crippen molar-refractivity contribution in [3.05, 3.63) is 34.3 Å². The van der Waals surface area contributed by atoms with Crippen LogP contribution in [0.4, 0.5) is 0 Å². The third-order valence-electron chi connectivity index (χ3n) is 6.16. The summed E-state index contributed by atoms with van der Waals surface area (Å²) in [5.74, 6) is 1.96. The maximum Gasteiger partial charge on any atom is 0.0375 e. The highest BCUT2D eigenvalue weighted by atomic mass is 79.9. The molecular weight excluding hydrogens is 382 g/mol. The van der Waals surface area contributed by atoms with E-state index in [0.717, 1.165) is 16.1 Å². The van der Waals surface area contributed by atoms with Gasteiger partial charge < -0.3 is 0 Å². The van der Waals surface area contributed by atoms with Gasteiger partial charge in [0, 0.05) is 43.8 Å². The molecular formula is C20H30BrNOS. The predicted octanol–water partition coefficient (Wildman–Crippen LogP) is 4.95. The average molecular weight is 412 g/mol. The molecule has 2 saturated heterocycles. The molecule has 1 aromatic rings. The zero-order valence-electron chi connectivity index (χ0n) is 15.3. The summed E-state index contributed by atoms with van der Waals surface area (Å²) in [7, 11) is 1.44. The van der Waals surface area contributed by atoms with E-state index in [2.05, 4.69) is 72.9 Å². The Bertz CT molecular complexity index is 616. The van der Waals surface area contributed by atoms with Gasteiger partial charge in [0.25, 0.3) is 0 Å². The maximum absolute atomic E-state index is 13.0. The lowest BCUT2D eigenvalue weighted by Gasteiger charge is -2.57. The van der Waals surface area contributed by atoms with E-state index in [-0.39, 0.29) is 10.3 Å². The second-order valence-corrected chi connectivity index (χ2v) is 11.8. The van der Waals surface area contributed by atoms with Gasteiger partial charge in [-0.15, -0.1) is 0 Å². The van der Waals surface area contributed by atoms with E-state index in [1.165, 1.54) is 37.8 Å². The molecule has 0 radical (unpaired) electrons. The summed E-state index contributed by atoms with van der Waals surface area (Å²) < 4.78 is 14.0. The van der Waals surface area contributed by atoms with Gasteiger partial charge in [0.05, 0.1) is 0 Å². The van der Waals surface area contributed by atoms with Crippen molar-refractivity contribution >= 4 is 26.7 Å². The van der Waals surface area contributed by atoms with Crippen LogP contribution in [0.3, 0.4) is 0 Å². The van der Waals surface area contributed by atoms with Gasteiger partial charge in [0.1, 0.15) is 0 Å². The van der Waals surface area contributed by atoms with Crippen molar-refractivity contribution in [1.82, 2.24) is 4.90 Å². The Morgan fingerprint density at radius 2 is 2.00 bits per heavy atom. The van der Waals surface area contributed by atoms with Crippen molar-refractivity contribution in [1.29, 1.82) is 0 Å². The molecule has 1 saturated carbocycles. The lowest BCUT2D eigenvalue weighted by atomic mass is 9.63. The molecule has 0 aromatic heterocycles. The minimum Gasteiger partial charge on any atom is -0.300 e. The van der Waals surface area contributed by atoms with Crippen molar-refractivity contribution in [3.8, 4) is 0 Å². The van der Waals surface area contributed by atoms with E-state index < -0.39 is 10.8 Å². The van der Waals surface area contributed by atoms with Crippen LogP contribution in [-0.2, 0) is 10.8 Å². The highest BCUT2D eigenvalue weighted by Gasteiger charge is 2.50. The predicted molar refractivity (Wildman–Crippen MR) is 107 cm³/mol. The van der Waals surface area contributed by atoms with Crippen LogP contribution in [0.2, 0.25) is 0 Å². The first-order valence-corrected chi connectivity index (χ1v) is 11.2. The van der Waals surface area contributed by atoms with Crippen LogP contribution in [0, 0.1) is 5.92 Å². The number of fused-ring (bicyclic) bond motifs is 3. The van der Waals surface area contributed by atoms with Crippen LogP contribution < -0.4 is 0 Å². The van der Waals surface area contributed by atoms with E-state index in [1.54, 1.807) is 0 Å². The molecule has 1 aliphatic carbocycles. The summed E-state index contributed by atoms with van der Waals surface area (Å²) in [6.07, 6.45) is 5.15. The van der Waals surface area contributed by atoms with Gasteiger partial charge >= 0.3 is 0 Å². The number of likely N-dealkylation sites (N-methyl/N-ethyl adjacent to an activating group) is 1. The number of rotatable bonds is 4. The topological polar surface area (TPSA) is 20.3 Å². The second kappa shape index (κ2) is 6.85. The van der Waals surface area contributed by atoms with Crippen molar-refractivity contribution in [2.75, 3.05) is 19.3 Å². The minimum absolute atomic E-state index is 0.161. The number of piperidine rings is 2. The first kappa shape index (κ1) is 18.6. The fourth-order valence-electron chi connectivity index (χ4n) is 4.61. The fraction of sp³-hybridized carbons (Fsp3) is 0.700. The van der Waals surface area contributed by atoms with Crippen LogP contribution in [0.25, 0.3) is 0 Å². The van der Waals surface area contributed by atoms with Gasteiger partial charge in [0.15, 0.2) is 0 Å². The Morgan fingerprint density at radius 1 is 1.33 bits per heavy atom. The molecule has 134 valence electrons. The Kier molecular flexibility index (Phi) is 5.30. The van der Waals surface area contributed by atoms with Gasteiger partial charge in [-0.05, 0) is 77.1 Å². The second-order valence-electron chi connectivity index (χ2n) is 8.66. The van der Waals surface area contributed by atoms with E-state index in [4.69, 9.17) is 0 Å². The van der Waals surface area contributed by atoms with Crippen molar-refractivity contribution < 1.29 is 4.21 Å². The molecule has 2 nitrogen and oxygen atoms in total. The molecule has 1 aromatic carbocycles. The number of nitrogens with zero attached hydrogens (tertiary/aromatic N) is 1. The standard InChI is InChI=1S/C20H30BrNOS/c1-19(2,3)24(23)14-18(16-6-5-7-17(21)12-16)20-10-8-15(9-11-20)13-22(20)4/h5-7,12,15,18H,8-11,13-14H2,1-4H3. The summed E-state index contributed by atoms with van der Waals surface area (Å²) in [4.78, 5) is 2.59. The Morgan fingerprint density at radius 3 is 2.54 bits per heavy atom. The number of halogens is 1. The van der Waals surface area contributed by atoms with Crippen LogP contribution in [-0.4, -0.2) is 38.7 Å². The Labute approximate surface area is 158 Å². The maximum atomic E-state index is 13.0. The normalized spacial score (nSPS) is 30.3. The summed E-state index contributed by atoms with van der Waals surface area (Å²) in [5, 5.41) is 0. The number of benzene rings is 1. The highest BCUT2D eigenvalue weighted by Crippen LogP contribution is 2.50. The molecule has 0 spiro atoms. The highest BCUT2D eigenvalue weighted by molar-refractivity contribution is 9.10. The quantitative estimate of drug-likeness (QED) is 0.697. The van der Waals surface area contributed by atoms with Crippen molar-refractivity contribution in [2.45, 2.75) is 62.7 Å². The summed E-state index contributed by atoms with van der Waals surface area (Å²) in [6, 6.07) is 8.68. The van der Waals surface area contributed by atoms with Crippen molar-refractivity contribution in [2.24, 2.45) is 5.92 Å². The van der Waals surface area contributed by atoms with E-state index >= 15 is 0 Å². The van der Waals surface area contributed by atoms with Crippen LogP contribution in [0.15, 0.2) is 28.7 Å². The lowest BCUT2D eigenvalue weighted by Crippen LogP contribution is -2.60. The Balaban J connectivity index is 2.00. The molecule has 24 heavy (non-hydrogen) atoms. The molecule has 4 heteroatoms. The summed E-state index contributed by atoms with van der Waals surface area (Å²) in [6.45, 7) is 7.49. The lowest BCUT2D eigenvalue weighted by molar-refractivity contribution is -0.0301. The molecule has 2 aliphatic heterocycles. The van der Waals surface area contributed by atoms with Gasteiger partial charge in [-0.2, -0.15) is 0 Å². The molecule has 2 heterocycles. The van der Waals surface area contributed by atoms with E-state index in [1.807, 2.05) is 0 Å². The van der Waals surface area contributed by atoms with Gasteiger partial charge in [-0.3, -0.25) is 9.11 Å². The molecule has 0 amide bonds. The van der Waals surface area contributed by atoms with E-state index in [9.17, 15) is 4.21 Å². The van der Waals surface area contributed by atoms with Crippen LogP contribution in [0.5, 0.6) is 0 Å². The number of hydrogen-bond acceptors (Lipinski definition) is 2. The average Bonchev–Trinajstić information content (AvgIpc) is 2.52. The molecule has 4 rings (SSSR count). The van der Waals surface area contributed by atoms with Crippen molar-refractivity contribution in [3.63, 3.8) is 0 Å². The van der Waals surface area contributed by atoms with Crippen LogP contribution >= 0.6 is 15.9 Å². The molecule has 0 N–H and O–H groups in total. The summed E-state index contributed by atoms with van der Waals surface area (Å²) >= 11 is 3.64. The van der Waals surface area contributed by atoms with Gasteiger partial charge in [-0.25, -0.2) is 0 Å². The molecule has 3 fully saturated rings. The smallest absolute Gasteiger partial charge is 0.0375 e. The van der Waals surface area contributed by atoms with Gasteiger partial charge in [0.2, 0.25) is 0 Å². The largest absolute Gasteiger partial charge is 0.300 e.